The van der Waals surface area contributed by atoms with Gasteiger partial charge < -0.3 is 14.6 Å². The zero-order valence-corrected chi connectivity index (χ0v) is 17.1. The summed E-state index contributed by atoms with van der Waals surface area (Å²) in [6.45, 7) is 4.37. The fraction of sp³-hybridized carbons (Fsp3) is 0.286. The molecule has 1 amide bonds. The largest absolute Gasteiger partial charge is 0.424 e. The minimum Gasteiger partial charge on any atom is -0.424 e. The number of rotatable bonds is 7. The molecule has 4 aromatic rings. The maximum absolute atomic E-state index is 13.3. The summed E-state index contributed by atoms with van der Waals surface area (Å²) in [7, 11) is 1.77. The second kappa shape index (κ2) is 8.32. The first-order valence-electron chi connectivity index (χ1n) is 9.77. The van der Waals surface area contributed by atoms with Crippen LogP contribution in [0.25, 0.3) is 16.8 Å². The molecule has 154 valence electrons. The van der Waals surface area contributed by atoms with Crippen molar-refractivity contribution in [3.8, 4) is 5.69 Å². The van der Waals surface area contributed by atoms with E-state index in [-0.39, 0.29) is 11.9 Å². The summed E-state index contributed by atoms with van der Waals surface area (Å²) < 4.78 is 5.71. The van der Waals surface area contributed by atoms with Gasteiger partial charge in [0.1, 0.15) is 11.2 Å². The number of hydrogen-bond acceptors (Lipinski definition) is 7. The van der Waals surface area contributed by atoms with Crippen LogP contribution in [0, 0.1) is 6.92 Å². The Balaban J connectivity index is 1.52. The minimum absolute atomic E-state index is 0.0896. The predicted octanol–water partition coefficient (Wildman–Crippen LogP) is 3.07. The number of para-hydroxylation sites is 2. The van der Waals surface area contributed by atoms with Crippen LogP contribution >= 0.6 is 0 Å². The van der Waals surface area contributed by atoms with Crippen LogP contribution in [0.4, 0.5) is 6.01 Å². The molecule has 0 aliphatic heterocycles. The number of pyridine rings is 1. The Kier molecular flexibility index (Phi) is 5.42. The molecule has 0 unspecified atom stereocenters. The van der Waals surface area contributed by atoms with Gasteiger partial charge in [-0.3, -0.25) is 4.79 Å². The highest BCUT2D eigenvalue weighted by molar-refractivity contribution is 5.95. The first-order chi connectivity index (χ1) is 14.6. The van der Waals surface area contributed by atoms with E-state index in [1.54, 1.807) is 30.4 Å². The summed E-state index contributed by atoms with van der Waals surface area (Å²) in [5, 5.41) is 11.5. The standard InChI is InChI=1S/C21H23N7O2/c1-4-15(13-22-21-26-16-7-5-6-8-18(16)30-21)27(3)20(29)19-17(10-9-14(2)25-19)28-23-11-12-24-28/h5-12,15H,4,13H2,1-3H3,(H,22,26)/t15-/m0/s1. The second-order valence-electron chi connectivity index (χ2n) is 6.98. The Morgan fingerprint density at radius 2 is 1.93 bits per heavy atom. The maximum Gasteiger partial charge on any atom is 0.295 e. The van der Waals surface area contributed by atoms with Crippen LogP contribution < -0.4 is 5.32 Å². The number of carbonyl (C=O) groups excluding carboxylic acids is 1. The van der Waals surface area contributed by atoms with Gasteiger partial charge in [0, 0.05) is 25.3 Å². The van der Waals surface area contributed by atoms with Gasteiger partial charge >= 0.3 is 0 Å². The number of hydrogen-bond donors (Lipinski definition) is 1. The van der Waals surface area contributed by atoms with Crippen molar-refractivity contribution < 1.29 is 9.21 Å². The van der Waals surface area contributed by atoms with Gasteiger partial charge in [-0.25, -0.2) is 4.98 Å². The van der Waals surface area contributed by atoms with E-state index < -0.39 is 0 Å². The summed E-state index contributed by atoms with van der Waals surface area (Å²) in [6, 6.07) is 11.6. The van der Waals surface area contributed by atoms with Gasteiger partial charge in [0.05, 0.1) is 12.4 Å². The predicted molar refractivity (Wildman–Crippen MR) is 113 cm³/mol. The number of aryl methyl sites for hydroxylation is 1. The van der Waals surface area contributed by atoms with E-state index in [0.717, 1.165) is 23.2 Å². The lowest BCUT2D eigenvalue weighted by Crippen LogP contribution is -2.41. The number of nitrogens with one attached hydrogen (secondary N) is 1. The molecule has 0 spiro atoms. The lowest BCUT2D eigenvalue weighted by molar-refractivity contribution is 0.0729. The number of likely N-dealkylation sites (N-methyl/N-ethyl adjacent to an activating group) is 1. The van der Waals surface area contributed by atoms with Crippen LogP contribution in [-0.2, 0) is 0 Å². The van der Waals surface area contributed by atoms with Gasteiger partial charge in [0.25, 0.3) is 11.9 Å². The number of aromatic nitrogens is 5. The van der Waals surface area contributed by atoms with Crippen molar-refractivity contribution in [3.63, 3.8) is 0 Å². The first-order valence-corrected chi connectivity index (χ1v) is 9.77. The smallest absolute Gasteiger partial charge is 0.295 e. The van der Waals surface area contributed by atoms with E-state index in [1.165, 1.54) is 4.80 Å². The van der Waals surface area contributed by atoms with Crippen LogP contribution in [0.15, 0.2) is 53.2 Å². The first kappa shape index (κ1) is 19.6. The van der Waals surface area contributed by atoms with Crippen LogP contribution in [0.1, 0.15) is 29.5 Å². The third-order valence-corrected chi connectivity index (χ3v) is 4.97. The summed E-state index contributed by atoms with van der Waals surface area (Å²) in [5.41, 5.74) is 3.12. The Morgan fingerprint density at radius 3 is 2.67 bits per heavy atom. The molecule has 3 aromatic heterocycles. The molecule has 0 bridgehead atoms. The molecular formula is C21H23N7O2. The van der Waals surface area contributed by atoms with E-state index >= 15 is 0 Å². The Hall–Kier alpha value is -3.75. The summed E-state index contributed by atoms with van der Waals surface area (Å²) in [6.07, 6.45) is 3.88. The van der Waals surface area contributed by atoms with Gasteiger partial charge in [-0.15, -0.1) is 4.80 Å². The average Bonchev–Trinajstić information content (AvgIpc) is 3.43. The number of amides is 1. The molecule has 0 fully saturated rings. The molecule has 0 aliphatic carbocycles. The lowest BCUT2D eigenvalue weighted by Gasteiger charge is -2.27. The van der Waals surface area contributed by atoms with Crippen molar-refractivity contribution in [2.24, 2.45) is 0 Å². The fourth-order valence-corrected chi connectivity index (χ4v) is 3.25. The van der Waals surface area contributed by atoms with E-state index in [9.17, 15) is 4.79 Å². The molecule has 9 heteroatoms. The SMILES string of the molecule is CC[C@@H](CNc1nc2ccccc2o1)N(C)C(=O)c1nc(C)ccc1-n1nccn1. The van der Waals surface area contributed by atoms with Gasteiger partial charge in [-0.1, -0.05) is 19.1 Å². The Labute approximate surface area is 173 Å². The summed E-state index contributed by atoms with van der Waals surface area (Å²) in [4.78, 5) is 25.3. The molecule has 4 rings (SSSR count). The third kappa shape index (κ3) is 3.86. The van der Waals surface area contributed by atoms with Gasteiger partial charge in [-0.05, 0) is 37.6 Å². The van der Waals surface area contributed by atoms with Crippen LogP contribution in [0.2, 0.25) is 0 Å². The number of oxazole rings is 1. The molecule has 1 N–H and O–H groups in total. The number of nitrogens with zero attached hydrogens (tertiary/aromatic N) is 6. The Morgan fingerprint density at radius 1 is 1.17 bits per heavy atom. The lowest BCUT2D eigenvalue weighted by atomic mass is 10.1. The molecule has 0 saturated heterocycles. The van der Waals surface area contributed by atoms with Gasteiger partial charge in [0.15, 0.2) is 11.3 Å². The fourth-order valence-electron chi connectivity index (χ4n) is 3.25. The Bertz CT molecular complexity index is 1120. The number of carbonyl (C=O) groups is 1. The van der Waals surface area contributed by atoms with E-state index in [2.05, 4.69) is 25.5 Å². The highest BCUT2D eigenvalue weighted by Crippen LogP contribution is 2.19. The highest BCUT2D eigenvalue weighted by atomic mass is 16.4. The zero-order valence-electron chi connectivity index (χ0n) is 17.1. The minimum atomic E-state index is -0.197. The van der Waals surface area contributed by atoms with Crippen molar-refractivity contribution in [3.05, 3.63) is 60.2 Å². The van der Waals surface area contributed by atoms with Gasteiger partial charge in [-0.2, -0.15) is 15.2 Å². The van der Waals surface area contributed by atoms with E-state index in [1.807, 2.05) is 44.2 Å². The monoisotopic (exact) mass is 405 g/mol. The molecule has 30 heavy (non-hydrogen) atoms. The van der Waals surface area contributed by atoms with Crippen LogP contribution in [0.5, 0.6) is 0 Å². The van der Waals surface area contributed by atoms with Crippen molar-refractivity contribution >= 4 is 23.0 Å². The normalized spacial score (nSPS) is 12.1. The molecule has 0 aliphatic rings. The van der Waals surface area contributed by atoms with Crippen molar-refractivity contribution in [1.29, 1.82) is 0 Å². The van der Waals surface area contributed by atoms with Crippen molar-refractivity contribution in [1.82, 2.24) is 29.9 Å². The number of anilines is 1. The van der Waals surface area contributed by atoms with Crippen LogP contribution in [-0.4, -0.2) is 55.4 Å². The molecule has 0 saturated carbocycles. The zero-order chi connectivity index (χ0) is 21.1. The molecule has 0 radical (unpaired) electrons. The number of benzene rings is 1. The highest BCUT2D eigenvalue weighted by Gasteiger charge is 2.25. The topological polar surface area (TPSA) is 102 Å². The molecule has 9 nitrogen and oxygen atoms in total. The average molecular weight is 405 g/mol. The summed E-state index contributed by atoms with van der Waals surface area (Å²) in [5.74, 6) is -0.197. The molecule has 1 atom stereocenters. The summed E-state index contributed by atoms with van der Waals surface area (Å²) >= 11 is 0. The van der Waals surface area contributed by atoms with Crippen molar-refractivity contribution in [2.45, 2.75) is 26.3 Å². The van der Waals surface area contributed by atoms with Crippen LogP contribution in [0.3, 0.4) is 0 Å². The molecule has 1 aromatic carbocycles. The van der Waals surface area contributed by atoms with Crippen molar-refractivity contribution in [2.75, 3.05) is 18.9 Å². The second-order valence-corrected chi connectivity index (χ2v) is 6.98. The molecule has 3 heterocycles. The number of fused-ring (bicyclic) bond motifs is 1. The quantitative estimate of drug-likeness (QED) is 0.504. The third-order valence-electron chi connectivity index (χ3n) is 4.97. The maximum atomic E-state index is 13.3. The van der Waals surface area contributed by atoms with Gasteiger partial charge in [0.2, 0.25) is 0 Å². The van der Waals surface area contributed by atoms with E-state index in [4.69, 9.17) is 4.42 Å². The van der Waals surface area contributed by atoms with E-state index in [0.29, 0.717) is 23.9 Å². The molecular weight excluding hydrogens is 382 g/mol.